The lowest BCUT2D eigenvalue weighted by molar-refractivity contribution is -0.142. The summed E-state index contributed by atoms with van der Waals surface area (Å²) >= 11 is 0. The molecule has 0 spiro atoms. The number of benzene rings is 1. The predicted octanol–water partition coefficient (Wildman–Crippen LogP) is 1.81. The van der Waals surface area contributed by atoms with Gasteiger partial charge in [-0.15, -0.1) is 12.4 Å². The van der Waals surface area contributed by atoms with Crippen LogP contribution >= 0.6 is 12.4 Å². The van der Waals surface area contributed by atoms with E-state index in [1.54, 1.807) is 6.20 Å². The molecule has 2 aromatic rings. The molecule has 0 aliphatic rings. The van der Waals surface area contributed by atoms with E-state index in [2.05, 4.69) is 9.72 Å². The van der Waals surface area contributed by atoms with E-state index >= 15 is 0 Å². The summed E-state index contributed by atoms with van der Waals surface area (Å²) in [6, 6.07) is 8.63. The van der Waals surface area contributed by atoms with Crippen LogP contribution in [0.5, 0.6) is 0 Å². The number of esters is 1. The van der Waals surface area contributed by atoms with Crippen LogP contribution in [0.4, 0.5) is 0 Å². The van der Waals surface area contributed by atoms with E-state index in [1.165, 1.54) is 7.11 Å². The van der Waals surface area contributed by atoms with Crippen molar-refractivity contribution >= 4 is 18.4 Å². The number of pyridine rings is 1. The average Bonchev–Trinajstić information content (AvgIpc) is 2.48. The van der Waals surface area contributed by atoms with Gasteiger partial charge in [0.25, 0.3) is 5.56 Å². The van der Waals surface area contributed by atoms with Gasteiger partial charge in [-0.25, -0.2) is 0 Å². The Morgan fingerprint density at radius 1 is 1.27 bits per heavy atom. The van der Waals surface area contributed by atoms with Gasteiger partial charge in [0.05, 0.1) is 7.11 Å². The molecule has 0 saturated heterocycles. The quantitative estimate of drug-likeness (QED) is 0.841. The topological polar surface area (TPSA) is 85.2 Å². The number of nitrogens with two attached hydrogens (primary N) is 1. The summed E-state index contributed by atoms with van der Waals surface area (Å²) < 4.78 is 4.60. The Morgan fingerprint density at radius 3 is 2.45 bits per heavy atom. The van der Waals surface area contributed by atoms with Crippen molar-refractivity contribution in [1.82, 2.24) is 4.98 Å². The number of rotatable bonds is 4. The summed E-state index contributed by atoms with van der Waals surface area (Å²) in [4.78, 5) is 25.9. The number of H-pyrrole nitrogens is 1. The maximum absolute atomic E-state index is 11.9. The molecule has 1 aromatic carbocycles. The molecule has 0 aliphatic carbocycles. The fraction of sp³-hybridized carbons (Fsp3) is 0.250. The van der Waals surface area contributed by atoms with Gasteiger partial charge >= 0.3 is 5.97 Å². The van der Waals surface area contributed by atoms with Gasteiger partial charge in [0, 0.05) is 11.8 Å². The molecule has 2 rings (SSSR count). The molecule has 1 heterocycles. The Kier molecular flexibility index (Phi) is 6.34. The minimum Gasteiger partial charge on any atom is -0.468 e. The Morgan fingerprint density at radius 2 is 1.91 bits per heavy atom. The number of nitrogens with one attached hydrogen (secondary N) is 1. The lowest BCUT2D eigenvalue weighted by Gasteiger charge is -2.10. The SMILES string of the molecule is COC(=O)[C@@H](N)Cc1ccc(-c2c(C)cc[nH]c2=O)cc1.Cl. The number of methoxy groups -OCH3 is 1. The van der Waals surface area contributed by atoms with Crippen LogP contribution in [0.3, 0.4) is 0 Å². The van der Waals surface area contributed by atoms with Crippen LogP contribution in [0.2, 0.25) is 0 Å². The standard InChI is InChI=1S/C16H18N2O3.ClH/c1-10-7-8-18-15(19)14(10)12-5-3-11(4-6-12)9-13(17)16(20)21-2;/h3-8,13H,9,17H2,1-2H3,(H,18,19);1H/t13-;/m0./s1. The van der Waals surface area contributed by atoms with E-state index in [1.807, 2.05) is 37.3 Å². The zero-order chi connectivity index (χ0) is 15.4. The Labute approximate surface area is 134 Å². The first-order valence-corrected chi connectivity index (χ1v) is 6.64. The highest BCUT2D eigenvalue weighted by molar-refractivity contribution is 5.85. The summed E-state index contributed by atoms with van der Waals surface area (Å²) in [6.45, 7) is 1.89. The van der Waals surface area contributed by atoms with E-state index in [0.717, 1.165) is 16.7 Å². The number of aromatic amines is 1. The molecular weight excluding hydrogens is 304 g/mol. The van der Waals surface area contributed by atoms with Gasteiger partial charge in [-0.2, -0.15) is 0 Å². The van der Waals surface area contributed by atoms with Gasteiger partial charge in [-0.1, -0.05) is 24.3 Å². The number of carbonyl (C=O) groups excluding carboxylic acids is 1. The number of carbonyl (C=O) groups is 1. The van der Waals surface area contributed by atoms with E-state index in [0.29, 0.717) is 12.0 Å². The summed E-state index contributed by atoms with van der Waals surface area (Å²) in [5.41, 5.74) is 8.94. The molecule has 0 radical (unpaired) electrons. The summed E-state index contributed by atoms with van der Waals surface area (Å²) in [7, 11) is 1.32. The second kappa shape index (κ2) is 7.77. The van der Waals surface area contributed by atoms with Crippen molar-refractivity contribution in [1.29, 1.82) is 0 Å². The first kappa shape index (κ1) is 17.9. The third-order valence-electron chi connectivity index (χ3n) is 3.37. The van der Waals surface area contributed by atoms with Gasteiger partial charge in [-0.05, 0) is 36.1 Å². The van der Waals surface area contributed by atoms with Crippen molar-refractivity contribution in [2.45, 2.75) is 19.4 Å². The maximum Gasteiger partial charge on any atom is 0.322 e. The minimum absolute atomic E-state index is 0. The average molecular weight is 323 g/mol. The fourth-order valence-corrected chi connectivity index (χ4v) is 2.23. The lowest BCUT2D eigenvalue weighted by Crippen LogP contribution is -2.33. The molecule has 0 bridgehead atoms. The van der Waals surface area contributed by atoms with E-state index in [-0.39, 0.29) is 18.0 Å². The Balaban J connectivity index is 0.00000242. The van der Waals surface area contributed by atoms with Crippen molar-refractivity contribution in [3.8, 4) is 11.1 Å². The molecule has 1 aromatic heterocycles. The van der Waals surface area contributed by atoms with Crippen molar-refractivity contribution in [2.24, 2.45) is 5.73 Å². The van der Waals surface area contributed by atoms with Gasteiger partial charge in [0.15, 0.2) is 0 Å². The second-order valence-electron chi connectivity index (χ2n) is 4.90. The van der Waals surface area contributed by atoms with Crippen LogP contribution in [-0.2, 0) is 16.0 Å². The molecule has 3 N–H and O–H groups in total. The van der Waals surface area contributed by atoms with Crippen LogP contribution < -0.4 is 11.3 Å². The van der Waals surface area contributed by atoms with Gasteiger partial charge in [-0.3, -0.25) is 9.59 Å². The Bertz CT molecular complexity index is 695. The molecular formula is C16H19ClN2O3. The van der Waals surface area contributed by atoms with E-state index < -0.39 is 12.0 Å². The highest BCUT2D eigenvalue weighted by Crippen LogP contribution is 2.19. The number of aryl methyl sites for hydroxylation is 1. The van der Waals surface area contributed by atoms with Crippen LogP contribution in [0.25, 0.3) is 11.1 Å². The zero-order valence-corrected chi connectivity index (χ0v) is 13.3. The molecule has 0 amide bonds. The number of hydrogen-bond donors (Lipinski definition) is 2. The third kappa shape index (κ3) is 3.96. The molecule has 0 unspecified atom stereocenters. The molecule has 5 nitrogen and oxygen atoms in total. The van der Waals surface area contributed by atoms with Crippen molar-refractivity contribution in [2.75, 3.05) is 7.11 Å². The number of hydrogen-bond acceptors (Lipinski definition) is 4. The monoisotopic (exact) mass is 322 g/mol. The molecule has 0 fully saturated rings. The van der Waals surface area contributed by atoms with Crippen LogP contribution in [0.1, 0.15) is 11.1 Å². The highest BCUT2D eigenvalue weighted by atomic mass is 35.5. The smallest absolute Gasteiger partial charge is 0.322 e. The molecule has 6 heteroatoms. The fourth-order valence-electron chi connectivity index (χ4n) is 2.23. The van der Waals surface area contributed by atoms with Crippen LogP contribution in [-0.4, -0.2) is 24.1 Å². The third-order valence-corrected chi connectivity index (χ3v) is 3.37. The first-order chi connectivity index (χ1) is 10.0. The van der Waals surface area contributed by atoms with E-state index in [9.17, 15) is 9.59 Å². The van der Waals surface area contributed by atoms with Crippen molar-refractivity contribution < 1.29 is 9.53 Å². The number of halogens is 1. The lowest BCUT2D eigenvalue weighted by atomic mass is 9.99. The molecule has 0 saturated carbocycles. The van der Waals surface area contributed by atoms with Gasteiger partial charge in [0.1, 0.15) is 6.04 Å². The van der Waals surface area contributed by atoms with Crippen LogP contribution in [0.15, 0.2) is 41.3 Å². The highest BCUT2D eigenvalue weighted by Gasteiger charge is 2.14. The normalized spacial score (nSPS) is 11.4. The number of aromatic nitrogens is 1. The second-order valence-corrected chi connectivity index (χ2v) is 4.90. The molecule has 1 atom stereocenters. The first-order valence-electron chi connectivity index (χ1n) is 6.64. The van der Waals surface area contributed by atoms with Crippen LogP contribution in [0, 0.1) is 6.92 Å². The van der Waals surface area contributed by atoms with Crippen molar-refractivity contribution in [3.63, 3.8) is 0 Å². The number of ether oxygens (including phenoxy) is 1. The van der Waals surface area contributed by atoms with E-state index in [4.69, 9.17) is 5.73 Å². The largest absolute Gasteiger partial charge is 0.468 e. The maximum atomic E-state index is 11.9. The summed E-state index contributed by atoms with van der Waals surface area (Å²) in [5, 5.41) is 0. The molecule has 0 aliphatic heterocycles. The zero-order valence-electron chi connectivity index (χ0n) is 12.5. The van der Waals surface area contributed by atoms with Crippen molar-refractivity contribution in [3.05, 3.63) is 58.0 Å². The van der Waals surface area contributed by atoms with Gasteiger partial charge < -0.3 is 15.5 Å². The summed E-state index contributed by atoms with van der Waals surface area (Å²) in [5.74, 6) is -0.436. The minimum atomic E-state index is -0.678. The Hall–Kier alpha value is -2.11. The molecule has 22 heavy (non-hydrogen) atoms. The van der Waals surface area contributed by atoms with Gasteiger partial charge in [0.2, 0.25) is 0 Å². The molecule has 118 valence electrons. The predicted molar refractivity (Wildman–Crippen MR) is 88.2 cm³/mol. The summed E-state index contributed by atoms with van der Waals surface area (Å²) in [6.07, 6.45) is 2.03.